The third kappa shape index (κ3) is 2.67. The maximum absolute atomic E-state index is 12.1. The number of benzene rings is 1. The second-order valence-electron chi connectivity index (χ2n) is 2.98. The zero-order valence-corrected chi connectivity index (χ0v) is 7.91. The standard InChI is InChI=1S/C10H13F2NO/c1-14-9-5-3-2-4-7(9)8(13)6-10(11)12/h2-5,8,10H,6,13H2,1H3/t8-/m0/s1. The number of hydrogen-bond acceptors (Lipinski definition) is 2. The Hall–Kier alpha value is -1.16. The molecule has 1 aromatic carbocycles. The van der Waals surface area contributed by atoms with Gasteiger partial charge in [0.1, 0.15) is 5.75 Å². The van der Waals surface area contributed by atoms with Gasteiger partial charge in [0.25, 0.3) is 0 Å². The van der Waals surface area contributed by atoms with Crippen LogP contribution in [0.25, 0.3) is 0 Å². The fraction of sp³-hybridized carbons (Fsp3) is 0.400. The minimum absolute atomic E-state index is 0.347. The van der Waals surface area contributed by atoms with E-state index >= 15 is 0 Å². The Bertz CT molecular complexity index is 291. The van der Waals surface area contributed by atoms with Crippen LogP contribution in [0.4, 0.5) is 8.78 Å². The summed E-state index contributed by atoms with van der Waals surface area (Å²) in [4.78, 5) is 0. The molecular weight excluding hydrogens is 188 g/mol. The number of ether oxygens (including phenoxy) is 1. The van der Waals surface area contributed by atoms with Crippen molar-refractivity contribution in [1.82, 2.24) is 0 Å². The molecule has 1 atom stereocenters. The van der Waals surface area contributed by atoms with Crippen LogP contribution in [-0.2, 0) is 0 Å². The van der Waals surface area contributed by atoms with E-state index in [0.717, 1.165) is 0 Å². The Balaban J connectivity index is 2.82. The predicted octanol–water partition coefficient (Wildman–Crippen LogP) is 2.35. The predicted molar refractivity (Wildman–Crippen MR) is 50.5 cm³/mol. The maximum Gasteiger partial charge on any atom is 0.240 e. The summed E-state index contributed by atoms with van der Waals surface area (Å²) in [5.74, 6) is 0.556. The van der Waals surface area contributed by atoms with Gasteiger partial charge in [-0.15, -0.1) is 0 Å². The van der Waals surface area contributed by atoms with E-state index in [1.165, 1.54) is 7.11 Å². The highest BCUT2D eigenvalue weighted by Gasteiger charge is 2.15. The first-order chi connectivity index (χ1) is 6.65. The largest absolute Gasteiger partial charge is 0.496 e. The molecule has 0 radical (unpaired) electrons. The monoisotopic (exact) mass is 201 g/mol. The van der Waals surface area contributed by atoms with Crippen molar-refractivity contribution in [3.8, 4) is 5.75 Å². The first kappa shape index (κ1) is 10.9. The van der Waals surface area contributed by atoms with Crippen LogP contribution in [-0.4, -0.2) is 13.5 Å². The fourth-order valence-electron chi connectivity index (χ4n) is 1.29. The summed E-state index contributed by atoms with van der Waals surface area (Å²) in [6, 6.07) is 6.26. The van der Waals surface area contributed by atoms with Crippen molar-refractivity contribution in [2.24, 2.45) is 5.73 Å². The molecule has 14 heavy (non-hydrogen) atoms. The van der Waals surface area contributed by atoms with E-state index in [4.69, 9.17) is 10.5 Å². The van der Waals surface area contributed by atoms with Crippen molar-refractivity contribution in [2.75, 3.05) is 7.11 Å². The van der Waals surface area contributed by atoms with E-state index in [1.54, 1.807) is 24.3 Å². The molecule has 0 aliphatic carbocycles. The maximum atomic E-state index is 12.1. The second kappa shape index (κ2) is 4.91. The first-order valence-corrected chi connectivity index (χ1v) is 4.31. The quantitative estimate of drug-likeness (QED) is 0.811. The van der Waals surface area contributed by atoms with Crippen LogP contribution in [0, 0.1) is 0 Å². The Kier molecular flexibility index (Phi) is 3.83. The fourth-order valence-corrected chi connectivity index (χ4v) is 1.29. The molecule has 2 N–H and O–H groups in total. The van der Waals surface area contributed by atoms with Crippen LogP contribution in [0.2, 0.25) is 0 Å². The lowest BCUT2D eigenvalue weighted by Gasteiger charge is -2.14. The summed E-state index contributed by atoms with van der Waals surface area (Å²) in [6.45, 7) is 0. The molecular formula is C10H13F2NO. The zero-order valence-electron chi connectivity index (χ0n) is 7.91. The molecule has 1 rings (SSSR count). The number of halogens is 2. The molecule has 0 saturated heterocycles. The number of hydrogen-bond donors (Lipinski definition) is 1. The van der Waals surface area contributed by atoms with Gasteiger partial charge < -0.3 is 10.5 Å². The van der Waals surface area contributed by atoms with E-state index in [9.17, 15) is 8.78 Å². The van der Waals surface area contributed by atoms with Crippen molar-refractivity contribution in [3.63, 3.8) is 0 Å². The van der Waals surface area contributed by atoms with Gasteiger partial charge in [-0.1, -0.05) is 18.2 Å². The molecule has 0 unspecified atom stereocenters. The minimum atomic E-state index is -2.39. The Morgan fingerprint density at radius 1 is 1.36 bits per heavy atom. The van der Waals surface area contributed by atoms with Crippen LogP contribution < -0.4 is 10.5 Å². The molecule has 0 bridgehead atoms. The molecule has 0 saturated carbocycles. The number of alkyl halides is 2. The Labute approximate surface area is 81.7 Å². The third-order valence-electron chi connectivity index (χ3n) is 1.97. The summed E-state index contributed by atoms with van der Waals surface area (Å²) in [7, 11) is 1.49. The summed E-state index contributed by atoms with van der Waals surface area (Å²) in [5, 5.41) is 0. The topological polar surface area (TPSA) is 35.2 Å². The number of methoxy groups -OCH3 is 1. The van der Waals surface area contributed by atoms with Crippen LogP contribution in [0.1, 0.15) is 18.0 Å². The van der Waals surface area contributed by atoms with Crippen LogP contribution in [0.5, 0.6) is 5.75 Å². The molecule has 0 fully saturated rings. The van der Waals surface area contributed by atoms with Crippen LogP contribution in [0.15, 0.2) is 24.3 Å². The van der Waals surface area contributed by atoms with E-state index < -0.39 is 12.5 Å². The van der Waals surface area contributed by atoms with Gasteiger partial charge in [0.2, 0.25) is 6.43 Å². The summed E-state index contributed by atoms with van der Waals surface area (Å²) < 4.78 is 29.2. The number of nitrogens with two attached hydrogens (primary N) is 1. The molecule has 2 nitrogen and oxygen atoms in total. The van der Waals surface area contributed by atoms with Gasteiger partial charge in [0.05, 0.1) is 7.11 Å². The molecule has 0 amide bonds. The Morgan fingerprint density at radius 3 is 2.57 bits per heavy atom. The SMILES string of the molecule is COc1ccccc1[C@@H](N)CC(F)F. The van der Waals surface area contributed by atoms with E-state index in [0.29, 0.717) is 11.3 Å². The first-order valence-electron chi connectivity index (χ1n) is 4.31. The molecule has 4 heteroatoms. The smallest absolute Gasteiger partial charge is 0.240 e. The summed E-state index contributed by atoms with van der Waals surface area (Å²) >= 11 is 0. The summed E-state index contributed by atoms with van der Waals surface area (Å²) in [6.07, 6.45) is -2.74. The lowest BCUT2D eigenvalue weighted by molar-refractivity contribution is 0.128. The lowest BCUT2D eigenvalue weighted by Crippen LogP contribution is -2.14. The van der Waals surface area contributed by atoms with Crippen molar-refractivity contribution in [2.45, 2.75) is 18.9 Å². The van der Waals surface area contributed by atoms with E-state index in [2.05, 4.69) is 0 Å². The van der Waals surface area contributed by atoms with Gasteiger partial charge in [-0.3, -0.25) is 0 Å². The number of rotatable bonds is 4. The van der Waals surface area contributed by atoms with Gasteiger partial charge in [-0.25, -0.2) is 8.78 Å². The van der Waals surface area contributed by atoms with Crippen molar-refractivity contribution in [3.05, 3.63) is 29.8 Å². The third-order valence-corrected chi connectivity index (χ3v) is 1.97. The second-order valence-corrected chi connectivity index (χ2v) is 2.98. The van der Waals surface area contributed by atoms with Gasteiger partial charge in [0.15, 0.2) is 0 Å². The van der Waals surface area contributed by atoms with Gasteiger partial charge in [-0.05, 0) is 6.07 Å². The highest BCUT2D eigenvalue weighted by molar-refractivity contribution is 5.35. The molecule has 0 aliphatic heterocycles. The summed E-state index contributed by atoms with van der Waals surface area (Å²) in [5.41, 5.74) is 6.23. The van der Waals surface area contributed by atoms with Gasteiger partial charge in [0, 0.05) is 18.0 Å². The number of para-hydroxylation sites is 1. The molecule has 1 aromatic rings. The molecule has 0 aromatic heterocycles. The lowest BCUT2D eigenvalue weighted by atomic mass is 10.0. The van der Waals surface area contributed by atoms with Crippen LogP contribution in [0.3, 0.4) is 0 Å². The van der Waals surface area contributed by atoms with Crippen molar-refractivity contribution < 1.29 is 13.5 Å². The molecule has 0 aliphatic rings. The van der Waals surface area contributed by atoms with Gasteiger partial charge in [-0.2, -0.15) is 0 Å². The average molecular weight is 201 g/mol. The highest BCUT2D eigenvalue weighted by Crippen LogP contribution is 2.26. The highest BCUT2D eigenvalue weighted by atomic mass is 19.3. The van der Waals surface area contributed by atoms with Crippen LogP contribution >= 0.6 is 0 Å². The van der Waals surface area contributed by atoms with Crippen molar-refractivity contribution >= 4 is 0 Å². The van der Waals surface area contributed by atoms with Crippen molar-refractivity contribution in [1.29, 1.82) is 0 Å². The molecule has 0 heterocycles. The minimum Gasteiger partial charge on any atom is -0.496 e. The average Bonchev–Trinajstić information content (AvgIpc) is 2.16. The Morgan fingerprint density at radius 2 is 2.00 bits per heavy atom. The van der Waals surface area contributed by atoms with E-state index in [-0.39, 0.29) is 6.42 Å². The van der Waals surface area contributed by atoms with E-state index in [1.807, 2.05) is 0 Å². The molecule has 78 valence electrons. The van der Waals surface area contributed by atoms with Gasteiger partial charge >= 0.3 is 0 Å². The normalized spacial score (nSPS) is 12.9. The molecule has 0 spiro atoms. The zero-order chi connectivity index (χ0) is 10.6.